The third-order valence-electron chi connectivity index (χ3n) is 1.93. The largest absolute Gasteiger partial charge is 0.493 e. The molecule has 2 aromatic rings. The van der Waals surface area contributed by atoms with Crippen LogP contribution >= 0.6 is 0 Å². The van der Waals surface area contributed by atoms with Crippen LogP contribution in [0.5, 0.6) is 5.75 Å². The van der Waals surface area contributed by atoms with E-state index >= 15 is 0 Å². The minimum absolute atomic E-state index is 0.532. The van der Waals surface area contributed by atoms with Crippen LogP contribution in [0.3, 0.4) is 0 Å². The average Bonchev–Trinajstić information content (AvgIpc) is 2.71. The first-order valence-corrected chi connectivity index (χ1v) is 4.71. The van der Waals surface area contributed by atoms with Gasteiger partial charge in [0.1, 0.15) is 12.0 Å². The van der Waals surface area contributed by atoms with Gasteiger partial charge in [-0.2, -0.15) is 0 Å². The fourth-order valence-electron chi connectivity index (χ4n) is 1.24. The summed E-state index contributed by atoms with van der Waals surface area (Å²) in [4.78, 5) is 3.99. The summed E-state index contributed by atoms with van der Waals surface area (Å²) in [5.74, 6) is 1.44. The Hall–Kier alpha value is -1.97. The van der Waals surface area contributed by atoms with E-state index in [4.69, 9.17) is 14.9 Å². The van der Waals surface area contributed by atoms with Crippen LogP contribution in [0.1, 0.15) is 5.89 Å². The van der Waals surface area contributed by atoms with Gasteiger partial charge in [0.15, 0.2) is 5.89 Å². The van der Waals surface area contributed by atoms with Crippen LogP contribution in [0, 0.1) is 0 Å². The number of ether oxygens (including phenoxy) is 1. The Morgan fingerprint density at radius 1 is 1.40 bits per heavy atom. The summed E-state index contributed by atoms with van der Waals surface area (Å²) in [5.41, 5.74) is 6.31. The molecule has 0 fully saturated rings. The summed E-state index contributed by atoms with van der Waals surface area (Å²) in [6.07, 6.45) is 3.83. The van der Waals surface area contributed by atoms with E-state index in [-0.39, 0.29) is 0 Å². The van der Waals surface area contributed by atoms with E-state index in [0.717, 1.165) is 5.75 Å². The number of rotatable bonds is 4. The Labute approximate surface area is 87.7 Å². The minimum atomic E-state index is 0.532. The molecule has 2 N–H and O–H groups in total. The molecule has 0 radical (unpaired) electrons. The molecular formula is C11H12N2O2. The third kappa shape index (κ3) is 2.74. The molecule has 0 aliphatic rings. The zero-order valence-corrected chi connectivity index (χ0v) is 8.22. The maximum atomic E-state index is 5.61. The highest BCUT2D eigenvalue weighted by Gasteiger charge is 1.98. The van der Waals surface area contributed by atoms with E-state index in [1.54, 1.807) is 18.5 Å². The summed E-state index contributed by atoms with van der Waals surface area (Å²) in [6, 6.07) is 7.33. The van der Waals surface area contributed by atoms with Gasteiger partial charge in [0.25, 0.3) is 0 Å². The third-order valence-corrected chi connectivity index (χ3v) is 1.93. The molecule has 4 heteroatoms. The van der Waals surface area contributed by atoms with Crippen LogP contribution < -0.4 is 10.5 Å². The smallest absolute Gasteiger partial charge is 0.197 e. The van der Waals surface area contributed by atoms with Crippen molar-refractivity contribution in [2.24, 2.45) is 0 Å². The van der Waals surface area contributed by atoms with Gasteiger partial charge < -0.3 is 14.9 Å². The van der Waals surface area contributed by atoms with Crippen molar-refractivity contribution >= 4 is 5.69 Å². The number of nitrogens with two attached hydrogens (primary N) is 1. The highest BCUT2D eigenvalue weighted by atomic mass is 16.5. The number of nitrogens with zero attached hydrogens (tertiary/aromatic N) is 1. The van der Waals surface area contributed by atoms with Crippen molar-refractivity contribution in [3.8, 4) is 5.75 Å². The Morgan fingerprint density at radius 3 is 3.07 bits per heavy atom. The number of oxazole rings is 1. The number of hydrogen-bond acceptors (Lipinski definition) is 4. The molecule has 0 amide bonds. The number of nitrogen functional groups attached to an aromatic ring is 1. The van der Waals surface area contributed by atoms with Crippen molar-refractivity contribution in [2.75, 3.05) is 12.3 Å². The molecule has 0 unspecified atom stereocenters. The van der Waals surface area contributed by atoms with E-state index in [2.05, 4.69) is 4.98 Å². The van der Waals surface area contributed by atoms with E-state index < -0.39 is 0 Å². The fraction of sp³-hybridized carbons (Fsp3) is 0.182. The molecule has 0 atom stereocenters. The SMILES string of the molecule is Nc1cccc(OCCc2ncco2)c1. The van der Waals surface area contributed by atoms with Gasteiger partial charge in [-0.3, -0.25) is 0 Å². The Morgan fingerprint density at radius 2 is 2.33 bits per heavy atom. The Bertz CT molecular complexity index is 412. The summed E-state index contributed by atoms with van der Waals surface area (Å²) in [7, 11) is 0. The van der Waals surface area contributed by atoms with Gasteiger partial charge in [0.2, 0.25) is 0 Å². The molecule has 0 saturated heterocycles. The Balaban J connectivity index is 1.83. The second-order valence-corrected chi connectivity index (χ2v) is 3.10. The van der Waals surface area contributed by atoms with Crippen LogP contribution in [-0.2, 0) is 6.42 Å². The molecule has 0 spiro atoms. The molecule has 1 heterocycles. The fourth-order valence-corrected chi connectivity index (χ4v) is 1.24. The zero-order chi connectivity index (χ0) is 10.5. The van der Waals surface area contributed by atoms with Crippen molar-refractivity contribution in [3.63, 3.8) is 0 Å². The molecule has 0 aliphatic heterocycles. The molecule has 1 aromatic heterocycles. The summed E-state index contributed by atoms with van der Waals surface area (Å²) < 4.78 is 10.6. The highest BCUT2D eigenvalue weighted by Crippen LogP contribution is 2.14. The van der Waals surface area contributed by atoms with Crippen molar-refractivity contribution in [1.82, 2.24) is 4.98 Å². The van der Waals surface area contributed by atoms with Gasteiger partial charge in [-0.1, -0.05) is 6.07 Å². The topological polar surface area (TPSA) is 61.3 Å². The molecule has 0 bridgehead atoms. The lowest BCUT2D eigenvalue weighted by Gasteiger charge is -2.04. The first-order chi connectivity index (χ1) is 7.34. The molecule has 2 rings (SSSR count). The quantitative estimate of drug-likeness (QED) is 0.772. The number of aromatic nitrogens is 1. The van der Waals surface area contributed by atoms with Crippen LogP contribution in [0.25, 0.3) is 0 Å². The summed E-state index contributed by atoms with van der Waals surface area (Å²) >= 11 is 0. The van der Waals surface area contributed by atoms with Crippen LogP contribution in [0.2, 0.25) is 0 Å². The number of hydrogen-bond donors (Lipinski definition) is 1. The number of anilines is 1. The van der Waals surface area contributed by atoms with E-state index in [0.29, 0.717) is 24.6 Å². The molecule has 15 heavy (non-hydrogen) atoms. The van der Waals surface area contributed by atoms with Crippen LogP contribution in [0.15, 0.2) is 41.1 Å². The standard InChI is InChI=1S/C11H12N2O2/c12-9-2-1-3-10(8-9)14-6-4-11-13-5-7-15-11/h1-3,5,7-8H,4,6,12H2. The van der Waals surface area contributed by atoms with Crippen LogP contribution in [-0.4, -0.2) is 11.6 Å². The lowest BCUT2D eigenvalue weighted by molar-refractivity contribution is 0.306. The van der Waals surface area contributed by atoms with Gasteiger partial charge in [0.05, 0.1) is 19.2 Å². The minimum Gasteiger partial charge on any atom is -0.493 e. The molecule has 4 nitrogen and oxygen atoms in total. The number of benzene rings is 1. The van der Waals surface area contributed by atoms with Gasteiger partial charge in [-0.25, -0.2) is 4.98 Å². The second kappa shape index (κ2) is 4.50. The van der Waals surface area contributed by atoms with Gasteiger partial charge in [-0.15, -0.1) is 0 Å². The second-order valence-electron chi connectivity index (χ2n) is 3.10. The zero-order valence-electron chi connectivity index (χ0n) is 8.22. The van der Waals surface area contributed by atoms with Crippen molar-refractivity contribution in [2.45, 2.75) is 6.42 Å². The van der Waals surface area contributed by atoms with E-state index in [9.17, 15) is 0 Å². The van der Waals surface area contributed by atoms with Crippen molar-refractivity contribution < 1.29 is 9.15 Å². The lowest BCUT2D eigenvalue weighted by atomic mass is 10.3. The van der Waals surface area contributed by atoms with E-state index in [1.807, 2.05) is 18.2 Å². The Kier molecular flexibility index (Phi) is 2.88. The maximum Gasteiger partial charge on any atom is 0.197 e. The predicted molar refractivity (Wildman–Crippen MR) is 56.6 cm³/mol. The predicted octanol–water partition coefficient (Wildman–Crippen LogP) is 1.88. The van der Waals surface area contributed by atoms with Gasteiger partial charge in [0, 0.05) is 11.8 Å². The van der Waals surface area contributed by atoms with Gasteiger partial charge >= 0.3 is 0 Å². The first-order valence-electron chi connectivity index (χ1n) is 4.71. The summed E-state index contributed by atoms with van der Waals surface area (Å²) in [5, 5.41) is 0. The monoisotopic (exact) mass is 204 g/mol. The molecular weight excluding hydrogens is 192 g/mol. The van der Waals surface area contributed by atoms with Crippen LogP contribution in [0.4, 0.5) is 5.69 Å². The first kappa shape index (κ1) is 9.58. The molecule has 0 saturated carbocycles. The highest BCUT2D eigenvalue weighted by molar-refractivity contribution is 5.43. The maximum absolute atomic E-state index is 5.61. The average molecular weight is 204 g/mol. The lowest BCUT2D eigenvalue weighted by Crippen LogP contribution is -2.01. The normalized spacial score (nSPS) is 10.1. The molecule has 0 aliphatic carbocycles. The van der Waals surface area contributed by atoms with Crippen molar-refractivity contribution in [1.29, 1.82) is 0 Å². The molecule has 1 aromatic carbocycles. The van der Waals surface area contributed by atoms with E-state index in [1.165, 1.54) is 0 Å². The van der Waals surface area contributed by atoms with Gasteiger partial charge in [-0.05, 0) is 12.1 Å². The van der Waals surface area contributed by atoms with Crippen molar-refractivity contribution in [3.05, 3.63) is 42.6 Å². The molecule has 78 valence electrons. The summed E-state index contributed by atoms with van der Waals surface area (Å²) in [6.45, 7) is 0.532.